The molecule has 1 amide bonds. The predicted molar refractivity (Wildman–Crippen MR) is 74.7 cm³/mol. The van der Waals surface area contributed by atoms with Gasteiger partial charge in [-0.3, -0.25) is 0 Å². The highest BCUT2D eigenvalue weighted by atomic mass is 32.2. The molecule has 0 radical (unpaired) electrons. The van der Waals surface area contributed by atoms with Crippen LogP contribution >= 0.6 is 11.8 Å². The average molecular weight is 265 g/mol. The first kappa shape index (κ1) is 13.3. The molecule has 1 aromatic carbocycles. The van der Waals surface area contributed by atoms with Crippen molar-refractivity contribution in [1.29, 1.82) is 0 Å². The number of hydrogen-bond donors (Lipinski definition) is 0. The van der Waals surface area contributed by atoms with Crippen molar-refractivity contribution in [1.82, 2.24) is 4.90 Å². The zero-order valence-electron chi connectivity index (χ0n) is 10.7. The van der Waals surface area contributed by atoms with E-state index in [4.69, 9.17) is 4.74 Å². The summed E-state index contributed by atoms with van der Waals surface area (Å²) in [6.45, 7) is 1.20. The van der Waals surface area contributed by atoms with Crippen molar-refractivity contribution in [2.45, 2.75) is 25.5 Å². The minimum absolute atomic E-state index is 0.171. The van der Waals surface area contributed by atoms with E-state index in [0.717, 1.165) is 30.7 Å². The molecule has 0 bridgehead atoms. The third-order valence-corrected chi connectivity index (χ3v) is 3.89. The molecule has 2 rings (SSSR count). The Balaban J connectivity index is 1.84. The summed E-state index contributed by atoms with van der Waals surface area (Å²) >= 11 is 1.79. The van der Waals surface area contributed by atoms with E-state index in [1.54, 1.807) is 11.8 Å². The zero-order valence-corrected chi connectivity index (χ0v) is 11.5. The Hall–Kier alpha value is -1.16. The second kappa shape index (κ2) is 6.69. The van der Waals surface area contributed by atoms with Gasteiger partial charge in [0, 0.05) is 18.3 Å². The molecule has 1 atom stereocenters. The van der Waals surface area contributed by atoms with Gasteiger partial charge in [0.05, 0.1) is 0 Å². The van der Waals surface area contributed by atoms with Crippen LogP contribution in [0.15, 0.2) is 30.3 Å². The monoisotopic (exact) mass is 265 g/mol. The molecule has 18 heavy (non-hydrogen) atoms. The van der Waals surface area contributed by atoms with Gasteiger partial charge in [0.15, 0.2) is 0 Å². The van der Waals surface area contributed by atoms with Crippen LogP contribution in [0.3, 0.4) is 0 Å². The van der Waals surface area contributed by atoms with Gasteiger partial charge in [0.2, 0.25) is 0 Å². The fourth-order valence-corrected chi connectivity index (χ4v) is 2.98. The average Bonchev–Trinajstić information content (AvgIpc) is 2.86. The largest absolute Gasteiger partial charge is 0.445 e. The molecular formula is C14H19NO2S. The Bertz CT molecular complexity index is 383. The molecule has 0 spiro atoms. The number of rotatable bonds is 4. The lowest BCUT2D eigenvalue weighted by atomic mass is 10.2. The summed E-state index contributed by atoms with van der Waals surface area (Å²) in [7, 11) is 0. The summed E-state index contributed by atoms with van der Waals surface area (Å²) in [5.41, 5.74) is 1.03. The highest BCUT2D eigenvalue weighted by molar-refractivity contribution is 7.98. The van der Waals surface area contributed by atoms with E-state index in [0.29, 0.717) is 12.6 Å². The number of thioether (sulfide) groups is 1. The van der Waals surface area contributed by atoms with E-state index in [1.807, 2.05) is 35.2 Å². The quantitative estimate of drug-likeness (QED) is 0.837. The van der Waals surface area contributed by atoms with Gasteiger partial charge in [-0.15, -0.1) is 0 Å². The first-order chi connectivity index (χ1) is 8.81. The topological polar surface area (TPSA) is 29.5 Å². The van der Waals surface area contributed by atoms with E-state index in [-0.39, 0.29) is 6.09 Å². The van der Waals surface area contributed by atoms with Gasteiger partial charge < -0.3 is 9.64 Å². The molecule has 0 aromatic heterocycles. The summed E-state index contributed by atoms with van der Waals surface area (Å²) < 4.78 is 5.37. The lowest BCUT2D eigenvalue weighted by Gasteiger charge is -2.23. The van der Waals surface area contributed by atoms with Crippen LogP contribution in [0.5, 0.6) is 0 Å². The molecule has 1 aliphatic rings. The molecule has 0 aliphatic carbocycles. The third kappa shape index (κ3) is 3.42. The van der Waals surface area contributed by atoms with Crippen LogP contribution in [-0.4, -0.2) is 35.6 Å². The van der Waals surface area contributed by atoms with Gasteiger partial charge in [0.1, 0.15) is 6.61 Å². The number of hydrogen-bond acceptors (Lipinski definition) is 3. The van der Waals surface area contributed by atoms with Crippen molar-refractivity contribution in [3.05, 3.63) is 35.9 Å². The summed E-state index contributed by atoms with van der Waals surface area (Å²) in [5.74, 6) is 1.00. The van der Waals surface area contributed by atoms with Crippen molar-refractivity contribution >= 4 is 17.9 Å². The van der Waals surface area contributed by atoms with Crippen molar-refractivity contribution < 1.29 is 9.53 Å². The first-order valence-corrected chi connectivity index (χ1v) is 7.67. The van der Waals surface area contributed by atoms with Crippen molar-refractivity contribution in [3.8, 4) is 0 Å². The van der Waals surface area contributed by atoms with Crippen LogP contribution in [0.2, 0.25) is 0 Å². The third-order valence-electron chi connectivity index (χ3n) is 3.18. The second-order valence-corrected chi connectivity index (χ2v) is 5.40. The molecular weight excluding hydrogens is 246 g/mol. The van der Waals surface area contributed by atoms with Gasteiger partial charge in [-0.1, -0.05) is 30.3 Å². The van der Waals surface area contributed by atoms with Crippen LogP contribution in [0.4, 0.5) is 4.79 Å². The normalized spacial score (nSPS) is 18.9. The van der Waals surface area contributed by atoms with E-state index < -0.39 is 0 Å². The Kier molecular flexibility index (Phi) is 4.93. The van der Waals surface area contributed by atoms with Gasteiger partial charge >= 0.3 is 6.09 Å². The number of carbonyl (C=O) groups excluding carboxylic acids is 1. The number of carbonyl (C=O) groups is 1. The number of ether oxygens (including phenoxy) is 1. The SMILES string of the molecule is CSCC1CCCN1C(=O)OCc1ccccc1. The Morgan fingerprint density at radius 2 is 2.22 bits per heavy atom. The van der Waals surface area contributed by atoms with E-state index in [9.17, 15) is 4.79 Å². The van der Waals surface area contributed by atoms with E-state index in [2.05, 4.69) is 6.26 Å². The number of benzene rings is 1. The Morgan fingerprint density at radius 3 is 2.94 bits per heavy atom. The molecule has 1 saturated heterocycles. The highest BCUT2D eigenvalue weighted by Crippen LogP contribution is 2.21. The van der Waals surface area contributed by atoms with Gasteiger partial charge in [-0.25, -0.2) is 4.79 Å². The Morgan fingerprint density at radius 1 is 1.44 bits per heavy atom. The van der Waals surface area contributed by atoms with Crippen LogP contribution in [0.1, 0.15) is 18.4 Å². The van der Waals surface area contributed by atoms with Crippen LogP contribution < -0.4 is 0 Å². The smallest absolute Gasteiger partial charge is 0.410 e. The number of nitrogens with zero attached hydrogens (tertiary/aromatic N) is 1. The molecule has 0 saturated carbocycles. The predicted octanol–water partition coefficient (Wildman–Crippen LogP) is 3.15. The summed E-state index contributed by atoms with van der Waals surface area (Å²) in [4.78, 5) is 13.9. The first-order valence-electron chi connectivity index (χ1n) is 6.27. The maximum atomic E-state index is 12.0. The lowest BCUT2D eigenvalue weighted by Crippen LogP contribution is -2.37. The van der Waals surface area contributed by atoms with Crippen molar-refractivity contribution in [2.75, 3.05) is 18.6 Å². The summed E-state index contributed by atoms with van der Waals surface area (Å²) in [6, 6.07) is 10.2. The number of amides is 1. The van der Waals surface area contributed by atoms with E-state index in [1.165, 1.54) is 0 Å². The molecule has 1 fully saturated rings. The van der Waals surface area contributed by atoms with Gasteiger partial charge in [0.25, 0.3) is 0 Å². The van der Waals surface area contributed by atoms with Gasteiger partial charge in [-0.05, 0) is 24.7 Å². The fraction of sp³-hybridized carbons (Fsp3) is 0.500. The minimum Gasteiger partial charge on any atom is -0.445 e. The molecule has 1 unspecified atom stereocenters. The van der Waals surface area contributed by atoms with Gasteiger partial charge in [-0.2, -0.15) is 11.8 Å². The molecule has 1 aromatic rings. The maximum absolute atomic E-state index is 12.0. The van der Waals surface area contributed by atoms with Crippen molar-refractivity contribution in [3.63, 3.8) is 0 Å². The maximum Gasteiger partial charge on any atom is 0.410 e. The zero-order chi connectivity index (χ0) is 12.8. The highest BCUT2D eigenvalue weighted by Gasteiger charge is 2.29. The summed E-state index contributed by atoms with van der Waals surface area (Å²) in [6.07, 6.45) is 4.09. The molecule has 0 N–H and O–H groups in total. The second-order valence-electron chi connectivity index (χ2n) is 4.48. The molecule has 1 heterocycles. The molecule has 4 heteroatoms. The summed E-state index contributed by atoms with van der Waals surface area (Å²) in [5, 5.41) is 0. The fourth-order valence-electron chi connectivity index (χ4n) is 2.24. The molecule has 3 nitrogen and oxygen atoms in total. The van der Waals surface area contributed by atoms with Crippen LogP contribution in [0, 0.1) is 0 Å². The number of likely N-dealkylation sites (tertiary alicyclic amines) is 1. The molecule has 1 aliphatic heterocycles. The lowest BCUT2D eigenvalue weighted by molar-refractivity contribution is 0.0950. The van der Waals surface area contributed by atoms with Crippen LogP contribution in [0.25, 0.3) is 0 Å². The molecule has 98 valence electrons. The van der Waals surface area contributed by atoms with Crippen LogP contribution in [-0.2, 0) is 11.3 Å². The van der Waals surface area contributed by atoms with Crippen molar-refractivity contribution in [2.24, 2.45) is 0 Å². The standard InChI is InChI=1S/C14H19NO2S/c1-18-11-13-8-5-9-15(13)14(16)17-10-12-6-3-2-4-7-12/h2-4,6-7,13H,5,8-11H2,1H3. The van der Waals surface area contributed by atoms with E-state index >= 15 is 0 Å². The minimum atomic E-state index is -0.171. The Labute approximate surface area is 113 Å².